The summed E-state index contributed by atoms with van der Waals surface area (Å²) in [5.41, 5.74) is 0.512. The minimum atomic E-state index is 0.512. The molecule has 1 aliphatic carbocycles. The first-order valence-electron chi connectivity index (χ1n) is 5.61. The van der Waals surface area contributed by atoms with Gasteiger partial charge in [0, 0.05) is 24.2 Å². The van der Waals surface area contributed by atoms with Crippen molar-refractivity contribution in [2.24, 2.45) is 0 Å². The molecule has 2 fully saturated rings. The zero-order valence-electron chi connectivity index (χ0n) is 9.14. The van der Waals surface area contributed by atoms with Gasteiger partial charge in [0.1, 0.15) is 0 Å². The van der Waals surface area contributed by atoms with E-state index in [4.69, 9.17) is 0 Å². The van der Waals surface area contributed by atoms with Gasteiger partial charge in [0.05, 0.1) is 0 Å². The van der Waals surface area contributed by atoms with Crippen LogP contribution in [0, 0.1) is 0 Å². The Hall–Kier alpha value is -0.0800. The molecule has 13 heavy (non-hydrogen) atoms. The maximum Gasteiger partial charge on any atom is 0.0212 e. The van der Waals surface area contributed by atoms with Gasteiger partial charge in [0.2, 0.25) is 0 Å². The second kappa shape index (κ2) is 3.25. The van der Waals surface area contributed by atoms with Gasteiger partial charge in [-0.05, 0) is 46.6 Å². The van der Waals surface area contributed by atoms with Crippen molar-refractivity contribution in [2.45, 2.75) is 57.7 Å². The van der Waals surface area contributed by atoms with E-state index in [0.717, 1.165) is 12.1 Å². The summed E-state index contributed by atoms with van der Waals surface area (Å²) in [6, 6.07) is 1.48. The minimum absolute atomic E-state index is 0.512. The largest absolute Gasteiger partial charge is 0.307 e. The van der Waals surface area contributed by atoms with Crippen LogP contribution in [0.15, 0.2) is 0 Å². The van der Waals surface area contributed by atoms with Crippen LogP contribution in [-0.4, -0.2) is 35.6 Å². The highest BCUT2D eigenvalue weighted by Gasteiger charge is 2.40. The lowest BCUT2D eigenvalue weighted by Crippen LogP contribution is -2.40. The first-order valence-corrected chi connectivity index (χ1v) is 5.61. The Balaban J connectivity index is 1.78. The van der Waals surface area contributed by atoms with Crippen molar-refractivity contribution in [3.05, 3.63) is 0 Å². The molecule has 1 saturated heterocycles. The third-order valence-electron chi connectivity index (χ3n) is 3.50. The molecule has 1 unspecified atom stereocenters. The van der Waals surface area contributed by atoms with Crippen LogP contribution in [0.2, 0.25) is 0 Å². The Kier molecular flexibility index (Phi) is 2.37. The van der Waals surface area contributed by atoms with Gasteiger partial charge in [0.15, 0.2) is 0 Å². The molecule has 0 spiro atoms. The molecule has 2 aliphatic rings. The predicted octanol–water partition coefficient (Wildman–Crippen LogP) is 1.61. The van der Waals surface area contributed by atoms with Gasteiger partial charge in [-0.25, -0.2) is 0 Å². The molecule has 2 rings (SSSR count). The topological polar surface area (TPSA) is 15.3 Å². The van der Waals surface area contributed by atoms with E-state index in [1.165, 1.54) is 32.4 Å². The van der Waals surface area contributed by atoms with Crippen molar-refractivity contribution in [2.75, 3.05) is 13.1 Å². The Morgan fingerprint density at radius 1 is 1.38 bits per heavy atom. The maximum atomic E-state index is 3.77. The zero-order chi connectivity index (χ0) is 9.47. The fraction of sp³-hybridized carbons (Fsp3) is 1.00. The van der Waals surface area contributed by atoms with E-state index in [9.17, 15) is 0 Å². The average Bonchev–Trinajstić information content (AvgIpc) is 2.62. The van der Waals surface area contributed by atoms with E-state index in [1.54, 1.807) is 0 Å². The molecule has 0 amide bonds. The molecule has 1 aliphatic heterocycles. The predicted molar refractivity (Wildman–Crippen MR) is 55.9 cm³/mol. The SMILES string of the molecule is CC(C)N1CCC(NC2(C)CC2)C1. The number of nitrogens with one attached hydrogen (secondary N) is 1. The minimum Gasteiger partial charge on any atom is -0.307 e. The number of rotatable bonds is 3. The van der Waals surface area contributed by atoms with Gasteiger partial charge < -0.3 is 5.32 Å². The number of nitrogens with zero attached hydrogens (tertiary/aromatic N) is 1. The third kappa shape index (κ3) is 2.23. The van der Waals surface area contributed by atoms with Crippen LogP contribution < -0.4 is 5.32 Å². The van der Waals surface area contributed by atoms with Gasteiger partial charge in [-0.2, -0.15) is 0 Å². The van der Waals surface area contributed by atoms with Crippen molar-refractivity contribution < 1.29 is 0 Å². The standard InChI is InChI=1S/C11H22N2/c1-9(2)13-7-4-10(8-13)12-11(3)5-6-11/h9-10,12H,4-8H2,1-3H3. The lowest BCUT2D eigenvalue weighted by Gasteiger charge is -2.22. The first kappa shape index (κ1) is 9.47. The van der Waals surface area contributed by atoms with Crippen LogP contribution in [0.25, 0.3) is 0 Å². The molecule has 1 heterocycles. The van der Waals surface area contributed by atoms with Crippen LogP contribution in [0.3, 0.4) is 0 Å². The molecule has 2 nitrogen and oxygen atoms in total. The molecule has 0 aromatic carbocycles. The van der Waals surface area contributed by atoms with Gasteiger partial charge in [-0.1, -0.05) is 0 Å². The van der Waals surface area contributed by atoms with E-state index < -0.39 is 0 Å². The summed E-state index contributed by atoms with van der Waals surface area (Å²) in [4.78, 5) is 2.57. The number of likely N-dealkylation sites (tertiary alicyclic amines) is 1. The lowest BCUT2D eigenvalue weighted by molar-refractivity contribution is 0.265. The van der Waals surface area contributed by atoms with E-state index in [-0.39, 0.29) is 0 Å². The Labute approximate surface area is 81.7 Å². The van der Waals surface area contributed by atoms with Gasteiger partial charge in [-0.3, -0.25) is 4.90 Å². The molecular weight excluding hydrogens is 160 g/mol. The van der Waals surface area contributed by atoms with E-state index in [2.05, 4.69) is 31.0 Å². The number of hydrogen-bond acceptors (Lipinski definition) is 2. The zero-order valence-corrected chi connectivity index (χ0v) is 9.14. The molecule has 1 atom stereocenters. The van der Waals surface area contributed by atoms with Gasteiger partial charge >= 0.3 is 0 Å². The second-order valence-electron chi connectivity index (χ2n) is 5.28. The fourth-order valence-corrected chi connectivity index (χ4v) is 2.20. The molecule has 0 aromatic heterocycles. The monoisotopic (exact) mass is 182 g/mol. The van der Waals surface area contributed by atoms with Crippen LogP contribution >= 0.6 is 0 Å². The highest BCUT2D eigenvalue weighted by Crippen LogP contribution is 2.35. The Bertz CT molecular complexity index is 185. The second-order valence-corrected chi connectivity index (χ2v) is 5.28. The normalized spacial score (nSPS) is 32.8. The van der Waals surface area contributed by atoms with Crippen molar-refractivity contribution in [3.8, 4) is 0 Å². The summed E-state index contributed by atoms with van der Waals surface area (Å²) in [6.45, 7) is 9.48. The highest BCUT2D eigenvalue weighted by atomic mass is 15.2. The molecule has 76 valence electrons. The summed E-state index contributed by atoms with van der Waals surface area (Å²) < 4.78 is 0. The maximum absolute atomic E-state index is 3.77. The summed E-state index contributed by atoms with van der Waals surface area (Å²) in [5.74, 6) is 0. The van der Waals surface area contributed by atoms with Crippen molar-refractivity contribution in [3.63, 3.8) is 0 Å². The molecule has 2 heteroatoms. The quantitative estimate of drug-likeness (QED) is 0.713. The Morgan fingerprint density at radius 3 is 2.54 bits per heavy atom. The molecule has 1 N–H and O–H groups in total. The summed E-state index contributed by atoms with van der Waals surface area (Å²) in [5, 5.41) is 3.77. The third-order valence-corrected chi connectivity index (χ3v) is 3.50. The molecule has 1 saturated carbocycles. The smallest absolute Gasteiger partial charge is 0.0212 e. The van der Waals surface area contributed by atoms with Gasteiger partial charge in [0.25, 0.3) is 0 Å². The highest BCUT2D eigenvalue weighted by molar-refractivity contribution is 5.01. The first-order chi connectivity index (χ1) is 6.09. The summed E-state index contributed by atoms with van der Waals surface area (Å²) >= 11 is 0. The summed E-state index contributed by atoms with van der Waals surface area (Å²) in [7, 11) is 0. The van der Waals surface area contributed by atoms with E-state index in [1.807, 2.05) is 0 Å². The Morgan fingerprint density at radius 2 is 2.08 bits per heavy atom. The van der Waals surface area contributed by atoms with Crippen molar-refractivity contribution >= 4 is 0 Å². The molecule has 0 bridgehead atoms. The van der Waals surface area contributed by atoms with Crippen LogP contribution in [-0.2, 0) is 0 Å². The van der Waals surface area contributed by atoms with Crippen molar-refractivity contribution in [1.82, 2.24) is 10.2 Å². The fourth-order valence-electron chi connectivity index (χ4n) is 2.20. The molecule has 0 aromatic rings. The average molecular weight is 182 g/mol. The van der Waals surface area contributed by atoms with E-state index >= 15 is 0 Å². The van der Waals surface area contributed by atoms with Crippen molar-refractivity contribution in [1.29, 1.82) is 0 Å². The molecular formula is C11H22N2. The summed E-state index contributed by atoms with van der Waals surface area (Å²) in [6.07, 6.45) is 4.10. The molecule has 0 radical (unpaired) electrons. The van der Waals surface area contributed by atoms with Gasteiger partial charge in [-0.15, -0.1) is 0 Å². The number of hydrogen-bond donors (Lipinski definition) is 1. The van der Waals surface area contributed by atoms with Crippen LogP contribution in [0.5, 0.6) is 0 Å². The lowest BCUT2D eigenvalue weighted by atomic mass is 10.2. The van der Waals surface area contributed by atoms with Crippen LogP contribution in [0.4, 0.5) is 0 Å². The van der Waals surface area contributed by atoms with E-state index in [0.29, 0.717) is 5.54 Å². The van der Waals surface area contributed by atoms with Crippen LogP contribution in [0.1, 0.15) is 40.0 Å².